The summed E-state index contributed by atoms with van der Waals surface area (Å²) >= 11 is 0. The van der Waals surface area contributed by atoms with E-state index in [0.717, 1.165) is 0 Å². The summed E-state index contributed by atoms with van der Waals surface area (Å²) in [6, 6.07) is 8.01. The van der Waals surface area contributed by atoms with Crippen LogP contribution in [0.25, 0.3) is 11.1 Å². The third-order valence-electron chi connectivity index (χ3n) is 4.79. The molecule has 4 N–H and O–H groups in total. The summed E-state index contributed by atoms with van der Waals surface area (Å²) in [6.45, 7) is 0.901. The lowest BCUT2D eigenvalue weighted by Gasteiger charge is -2.16. The van der Waals surface area contributed by atoms with Gasteiger partial charge in [-0.2, -0.15) is 0 Å². The molecular weight excluding hydrogens is 393 g/mol. The first-order valence-corrected chi connectivity index (χ1v) is 9.41. The Hall–Kier alpha value is -3.28. The molecule has 1 amide bonds. The van der Waals surface area contributed by atoms with E-state index in [-0.39, 0.29) is 13.2 Å². The summed E-state index contributed by atoms with van der Waals surface area (Å²) in [5.74, 6) is 0.130. The van der Waals surface area contributed by atoms with Gasteiger partial charge in [-0.05, 0) is 24.3 Å². The van der Waals surface area contributed by atoms with Crippen molar-refractivity contribution in [2.45, 2.75) is 6.10 Å². The van der Waals surface area contributed by atoms with Gasteiger partial charge in [-0.25, -0.2) is 14.3 Å². The molecule has 3 heterocycles. The predicted molar refractivity (Wildman–Crippen MR) is 108 cm³/mol. The standard InChI is InChI=1S/C19H22FN7O3/c1-25-18(23-27(24-25)7-6-21)17-5-2-12(9-22-17)15-4-3-13(8-16(15)20)26-10-14(11-28)30-19(26)29/h2-5,8-9,14,24,28H,6-7,10-11,21H2,1H3/t14-/m1/s1. The van der Waals surface area contributed by atoms with E-state index in [1.54, 1.807) is 40.6 Å². The van der Waals surface area contributed by atoms with Gasteiger partial charge in [-0.1, -0.05) is 6.07 Å². The third-order valence-corrected chi connectivity index (χ3v) is 4.79. The lowest BCUT2D eigenvalue weighted by Crippen LogP contribution is -2.42. The number of benzene rings is 1. The number of aliphatic hydroxyl groups is 1. The number of pyridine rings is 1. The van der Waals surface area contributed by atoms with Gasteiger partial charge in [0.25, 0.3) is 0 Å². The summed E-state index contributed by atoms with van der Waals surface area (Å²) < 4.78 is 19.8. The highest BCUT2D eigenvalue weighted by Gasteiger charge is 2.32. The van der Waals surface area contributed by atoms with Gasteiger partial charge in [0.15, 0.2) is 5.84 Å². The maximum atomic E-state index is 14.8. The second kappa shape index (κ2) is 8.22. The van der Waals surface area contributed by atoms with Gasteiger partial charge < -0.3 is 15.6 Å². The highest BCUT2D eigenvalue weighted by atomic mass is 19.1. The summed E-state index contributed by atoms with van der Waals surface area (Å²) in [7, 11) is 1.81. The van der Waals surface area contributed by atoms with Crippen molar-refractivity contribution < 1.29 is 19.0 Å². The van der Waals surface area contributed by atoms with Crippen LogP contribution >= 0.6 is 0 Å². The summed E-state index contributed by atoms with van der Waals surface area (Å²) in [5, 5.41) is 16.9. The molecule has 1 fully saturated rings. The second-order valence-electron chi connectivity index (χ2n) is 6.89. The minimum atomic E-state index is -0.608. The first-order chi connectivity index (χ1) is 14.5. The minimum Gasteiger partial charge on any atom is -0.441 e. The lowest BCUT2D eigenvalue weighted by atomic mass is 10.1. The zero-order valence-corrected chi connectivity index (χ0v) is 16.3. The van der Waals surface area contributed by atoms with E-state index in [1.165, 1.54) is 11.0 Å². The molecule has 0 spiro atoms. The van der Waals surface area contributed by atoms with Gasteiger partial charge in [-0.15, -0.1) is 10.6 Å². The molecule has 0 unspecified atom stereocenters. The number of hydrogen-bond acceptors (Lipinski definition) is 9. The Morgan fingerprint density at radius 3 is 2.83 bits per heavy atom. The molecule has 158 valence electrons. The van der Waals surface area contributed by atoms with E-state index in [2.05, 4.69) is 15.6 Å². The Morgan fingerprint density at radius 1 is 1.37 bits per heavy atom. The van der Waals surface area contributed by atoms with E-state index in [4.69, 9.17) is 15.6 Å². The van der Waals surface area contributed by atoms with Crippen molar-refractivity contribution in [2.75, 3.05) is 38.2 Å². The molecule has 1 aromatic heterocycles. The number of amidine groups is 1. The van der Waals surface area contributed by atoms with Crippen LogP contribution in [0, 0.1) is 5.82 Å². The van der Waals surface area contributed by atoms with Crippen LogP contribution < -0.4 is 16.2 Å². The van der Waals surface area contributed by atoms with Crippen molar-refractivity contribution in [1.29, 1.82) is 0 Å². The van der Waals surface area contributed by atoms with E-state index >= 15 is 0 Å². The van der Waals surface area contributed by atoms with Crippen LogP contribution in [0.2, 0.25) is 0 Å². The molecule has 2 aliphatic heterocycles. The number of carbonyl (C=O) groups excluding carboxylic acids is 1. The number of cyclic esters (lactones) is 1. The van der Waals surface area contributed by atoms with E-state index < -0.39 is 18.0 Å². The number of anilines is 1. The van der Waals surface area contributed by atoms with Crippen LogP contribution in [0.4, 0.5) is 14.9 Å². The highest BCUT2D eigenvalue weighted by molar-refractivity contribution is 5.97. The van der Waals surface area contributed by atoms with Crippen LogP contribution in [0.15, 0.2) is 41.6 Å². The average molecular weight is 415 g/mol. The molecule has 1 atom stereocenters. The van der Waals surface area contributed by atoms with E-state index in [0.29, 0.717) is 41.4 Å². The van der Waals surface area contributed by atoms with Crippen LogP contribution in [-0.2, 0) is 4.74 Å². The first-order valence-electron chi connectivity index (χ1n) is 9.41. The predicted octanol–water partition coefficient (Wildman–Crippen LogP) is 0.493. The molecule has 0 bridgehead atoms. The molecule has 2 aliphatic rings. The fraction of sp³-hybridized carbons (Fsp3) is 0.316. The van der Waals surface area contributed by atoms with Crippen molar-refractivity contribution in [3.63, 3.8) is 0 Å². The number of rotatable bonds is 6. The Balaban J connectivity index is 1.54. The van der Waals surface area contributed by atoms with Gasteiger partial charge in [0.2, 0.25) is 0 Å². The van der Waals surface area contributed by atoms with Gasteiger partial charge in [-0.3, -0.25) is 14.9 Å². The van der Waals surface area contributed by atoms with Crippen molar-refractivity contribution in [3.8, 4) is 11.1 Å². The van der Waals surface area contributed by atoms with Crippen LogP contribution in [0.5, 0.6) is 0 Å². The maximum Gasteiger partial charge on any atom is 0.414 e. The third kappa shape index (κ3) is 3.77. The molecule has 1 aromatic carbocycles. The smallest absolute Gasteiger partial charge is 0.414 e. The lowest BCUT2D eigenvalue weighted by molar-refractivity contribution is 0.0963. The number of nitrogens with two attached hydrogens (primary N) is 1. The Labute approximate surface area is 172 Å². The van der Waals surface area contributed by atoms with Crippen LogP contribution in [0.3, 0.4) is 0 Å². The second-order valence-corrected chi connectivity index (χ2v) is 6.89. The molecular formula is C19H22FN7O3. The van der Waals surface area contributed by atoms with Crippen molar-refractivity contribution in [1.82, 2.24) is 20.6 Å². The Morgan fingerprint density at radius 2 is 2.20 bits per heavy atom. The number of halogens is 1. The van der Waals surface area contributed by atoms with Gasteiger partial charge in [0.1, 0.15) is 17.6 Å². The highest BCUT2D eigenvalue weighted by Crippen LogP contribution is 2.29. The number of ether oxygens (including phenoxy) is 1. The quantitative estimate of drug-likeness (QED) is 0.624. The molecule has 10 nitrogen and oxygen atoms in total. The average Bonchev–Trinajstić information content (AvgIpc) is 3.30. The first kappa shape index (κ1) is 20.0. The minimum absolute atomic E-state index is 0.176. The van der Waals surface area contributed by atoms with Gasteiger partial charge in [0, 0.05) is 30.9 Å². The van der Waals surface area contributed by atoms with Crippen LogP contribution in [0.1, 0.15) is 5.69 Å². The van der Waals surface area contributed by atoms with Crippen molar-refractivity contribution in [3.05, 3.63) is 48.0 Å². The normalized spacial score (nSPS) is 18.8. The zero-order valence-electron chi connectivity index (χ0n) is 16.3. The summed E-state index contributed by atoms with van der Waals surface area (Å²) in [6.07, 6.45) is 0.358. The number of hydrazone groups is 1. The van der Waals surface area contributed by atoms with Crippen LogP contribution in [-0.4, -0.2) is 71.5 Å². The molecule has 1 saturated heterocycles. The van der Waals surface area contributed by atoms with Gasteiger partial charge in [0.05, 0.1) is 25.4 Å². The van der Waals surface area contributed by atoms with E-state index in [9.17, 15) is 9.18 Å². The molecule has 0 saturated carbocycles. The number of nitrogens with one attached hydrogen (secondary N) is 1. The molecule has 2 aromatic rings. The largest absolute Gasteiger partial charge is 0.441 e. The van der Waals surface area contributed by atoms with E-state index in [1.807, 2.05) is 7.05 Å². The fourth-order valence-electron chi connectivity index (χ4n) is 3.29. The number of hydrazine groups is 2. The molecule has 4 rings (SSSR count). The molecule has 0 aliphatic carbocycles. The molecule has 30 heavy (non-hydrogen) atoms. The van der Waals surface area contributed by atoms with Crippen molar-refractivity contribution >= 4 is 17.6 Å². The topological polar surface area (TPSA) is 120 Å². The number of carbonyl (C=O) groups is 1. The number of hydrogen-bond donors (Lipinski definition) is 3. The molecule has 11 heteroatoms. The summed E-state index contributed by atoms with van der Waals surface area (Å²) in [4.78, 5) is 17.6. The number of amides is 1. The molecule has 0 radical (unpaired) electrons. The zero-order chi connectivity index (χ0) is 21.3. The Bertz CT molecular complexity index is 969. The number of aliphatic hydroxyl groups excluding tert-OH is 1. The Kier molecular flexibility index (Phi) is 5.48. The van der Waals surface area contributed by atoms with Crippen molar-refractivity contribution in [2.24, 2.45) is 10.8 Å². The number of aromatic nitrogens is 1. The SMILES string of the molecule is CN1NN(CCN)N=C1c1ccc(-c2ccc(N3C[C@H](CO)OC3=O)cc2F)cn1. The fourth-order valence-corrected chi connectivity index (χ4v) is 3.29. The monoisotopic (exact) mass is 415 g/mol. The maximum absolute atomic E-state index is 14.8. The summed E-state index contributed by atoms with van der Waals surface area (Å²) in [5.41, 5.74) is 10.5. The number of nitrogens with zero attached hydrogens (tertiary/aromatic N) is 5. The van der Waals surface area contributed by atoms with Gasteiger partial charge >= 0.3 is 6.09 Å².